The van der Waals surface area contributed by atoms with Crippen LogP contribution in [0.15, 0.2) is 48.8 Å². The fraction of sp³-hybridized carbons (Fsp3) is 0.294. The van der Waals surface area contributed by atoms with Crippen molar-refractivity contribution in [3.63, 3.8) is 0 Å². The van der Waals surface area contributed by atoms with Gasteiger partial charge in [-0.1, -0.05) is 26.0 Å². The van der Waals surface area contributed by atoms with Gasteiger partial charge < -0.3 is 10.6 Å². The highest BCUT2D eigenvalue weighted by Gasteiger charge is 2.04. The van der Waals surface area contributed by atoms with Crippen molar-refractivity contribution in [2.24, 2.45) is 0 Å². The van der Waals surface area contributed by atoms with E-state index in [-0.39, 0.29) is 6.03 Å². The fourth-order valence-electron chi connectivity index (χ4n) is 1.99. The van der Waals surface area contributed by atoms with Crippen LogP contribution in [0.2, 0.25) is 0 Å². The minimum absolute atomic E-state index is 0.205. The molecule has 1 aromatic heterocycles. The zero-order chi connectivity index (χ0) is 15.1. The molecule has 1 atom stereocenters. The first-order valence-electron chi connectivity index (χ1n) is 7.22. The van der Waals surface area contributed by atoms with Gasteiger partial charge in [-0.25, -0.2) is 4.79 Å². The number of pyridine rings is 1. The van der Waals surface area contributed by atoms with Crippen LogP contribution in [0, 0.1) is 0 Å². The maximum Gasteiger partial charge on any atom is 0.319 e. The van der Waals surface area contributed by atoms with Gasteiger partial charge in [-0.05, 0) is 47.7 Å². The van der Waals surface area contributed by atoms with Crippen molar-refractivity contribution in [1.29, 1.82) is 0 Å². The van der Waals surface area contributed by atoms with Gasteiger partial charge in [0, 0.05) is 24.6 Å². The second kappa shape index (κ2) is 7.43. The quantitative estimate of drug-likeness (QED) is 0.874. The minimum Gasteiger partial charge on any atom is -0.334 e. The number of aromatic nitrogens is 1. The molecule has 110 valence electrons. The first kappa shape index (κ1) is 15.0. The molecule has 0 aliphatic carbocycles. The van der Waals surface area contributed by atoms with Crippen LogP contribution < -0.4 is 10.6 Å². The summed E-state index contributed by atoms with van der Waals surface area (Å²) in [4.78, 5) is 15.8. The highest BCUT2D eigenvalue weighted by Crippen LogP contribution is 2.20. The van der Waals surface area contributed by atoms with Crippen molar-refractivity contribution in [2.45, 2.75) is 32.7 Å². The summed E-state index contributed by atoms with van der Waals surface area (Å²) in [6.07, 6.45) is 4.53. The molecule has 0 aliphatic rings. The summed E-state index contributed by atoms with van der Waals surface area (Å²) in [6.45, 7) is 4.85. The normalized spacial score (nSPS) is 11.7. The van der Waals surface area contributed by atoms with E-state index in [0.29, 0.717) is 12.5 Å². The van der Waals surface area contributed by atoms with Gasteiger partial charge in [0.15, 0.2) is 0 Å². The first-order valence-corrected chi connectivity index (χ1v) is 7.22. The van der Waals surface area contributed by atoms with E-state index in [1.807, 2.05) is 24.3 Å². The van der Waals surface area contributed by atoms with E-state index >= 15 is 0 Å². The molecule has 0 bridgehead atoms. The zero-order valence-electron chi connectivity index (χ0n) is 12.5. The van der Waals surface area contributed by atoms with Gasteiger partial charge in [0.1, 0.15) is 0 Å². The molecule has 0 aliphatic heterocycles. The van der Waals surface area contributed by atoms with Crippen LogP contribution in [-0.2, 0) is 6.54 Å². The van der Waals surface area contributed by atoms with Crippen LogP contribution in [0.1, 0.15) is 37.3 Å². The SMILES string of the molecule is CC[C@@H](C)c1ccc(NC(=O)NCc2ccncc2)cc1. The first-order chi connectivity index (χ1) is 10.2. The topological polar surface area (TPSA) is 54.0 Å². The molecule has 4 heteroatoms. The molecule has 0 unspecified atom stereocenters. The number of benzene rings is 1. The number of carbonyl (C=O) groups is 1. The Bertz CT molecular complexity index is 566. The third kappa shape index (κ3) is 4.60. The summed E-state index contributed by atoms with van der Waals surface area (Å²) >= 11 is 0. The van der Waals surface area contributed by atoms with Crippen molar-refractivity contribution in [3.05, 3.63) is 59.9 Å². The predicted molar refractivity (Wildman–Crippen MR) is 85.2 cm³/mol. The lowest BCUT2D eigenvalue weighted by molar-refractivity contribution is 0.251. The van der Waals surface area contributed by atoms with Crippen LogP contribution in [0.4, 0.5) is 10.5 Å². The lowest BCUT2D eigenvalue weighted by atomic mass is 9.99. The van der Waals surface area contributed by atoms with E-state index < -0.39 is 0 Å². The molecule has 2 N–H and O–H groups in total. The number of nitrogens with one attached hydrogen (secondary N) is 2. The number of rotatable bonds is 5. The maximum atomic E-state index is 11.8. The molecule has 2 rings (SSSR count). The van der Waals surface area contributed by atoms with Crippen molar-refractivity contribution < 1.29 is 4.79 Å². The summed E-state index contributed by atoms with van der Waals surface area (Å²) in [5, 5.41) is 5.65. The Balaban J connectivity index is 1.85. The van der Waals surface area contributed by atoms with Gasteiger partial charge >= 0.3 is 6.03 Å². The lowest BCUT2D eigenvalue weighted by Crippen LogP contribution is -2.28. The Labute approximate surface area is 125 Å². The third-order valence-corrected chi connectivity index (χ3v) is 3.55. The molecule has 0 fully saturated rings. The van der Waals surface area contributed by atoms with Gasteiger partial charge in [-0.15, -0.1) is 0 Å². The van der Waals surface area contributed by atoms with Gasteiger partial charge in [0.25, 0.3) is 0 Å². The Kier molecular flexibility index (Phi) is 5.32. The van der Waals surface area contributed by atoms with E-state index in [2.05, 4.69) is 41.6 Å². The standard InChI is InChI=1S/C17H21N3O/c1-3-13(2)15-4-6-16(7-5-15)20-17(21)19-12-14-8-10-18-11-9-14/h4-11,13H,3,12H2,1-2H3,(H2,19,20,21)/t13-/m1/s1. The highest BCUT2D eigenvalue weighted by atomic mass is 16.2. The molecule has 0 saturated carbocycles. The number of hydrogen-bond acceptors (Lipinski definition) is 2. The average Bonchev–Trinajstić information content (AvgIpc) is 2.54. The van der Waals surface area contributed by atoms with Gasteiger partial charge in [-0.2, -0.15) is 0 Å². The maximum absolute atomic E-state index is 11.8. The smallest absolute Gasteiger partial charge is 0.319 e. The fourth-order valence-corrected chi connectivity index (χ4v) is 1.99. The lowest BCUT2D eigenvalue weighted by Gasteiger charge is -2.11. The number of anilines is 1. The molecule has 0 spiro atoms. The molecular weight excluding hydrogens is 262 g/mol. The summed E-state index contributed by atoms with van der Waals surface area (Å²) in [7, 11) is 0. The van der Waals surface area contributed by atoms with Gasteiger partial charge in [0.05, 0.1) is 0 Å². The molecule has 0 saturated heterocycles. The Morgan fingerprint density at radius 1 is 1.14 bits per heavy atom. The number of nitrogens with zero attached hydrogens (tertiary/aromatic N) is 1. The Morgan fingerprint density at radius 2 is 1.81 bits per heavy atom. The summed E-state index contributed by atoms with van der Waals surface area (Å²) < 4.78 is 0. The van der Waals surface area contributed by atoms with E-state index in [1.165, 1.54) is 5.56 Å². The Hall–Kier alpha value is -2.36. The van der Waals surface area contributed by atoms with E-state index in [4.69, 9.17) is 0 Å². The number of carbonyl (C=O) groups excluding carboxylic acids is 1. The zero-order valence-corrected chi connectivity index (χ0v) is 12.5. The minimum atomic E-state index is -0.205. The third-order valence-electron chi connectivity index (χ3n) is 3.55. The monoisotopic (exact) mass is 283 g/mol. The van der Waals surface area contributed by atoms with Gasteiger partial charge in [0.2, 0.25) is 0 Å². The van der Waals surface area contributed by atoms with Crippen LogP contribution in [0.3, 0.4) is 0 Å². The average molecular weight is 283 g/mol. The molecule has 21 heavy (non-hydrogen) atoms. The Morgan fingerprint density at radius 3 is 2.43 bits per heavy atom. The van der Waals surface area contributed by atoms with Crippen LogP contribution in [0.5, 0.6) is 0 Å². The number of hydrogen-bond donors (Lipinski definition) is 2. The second-order valence-corrected chi connectivity index (χ2v) is 5.09. The molecule has 1 aromatic carbocycles. The molecular formula is C17H21N3O. The van der Waals surface area contributed by atoms with Crippen LogP contribution >= 0.6 is 0 Å². The summed E-state index contributed by atoms with van der Waals surface area (Å²) in [5.41, 5.74) is 3.11. The van der Waals surface area contributed by atoms with Crippen molar-refractivity contribution in [1.82, 2.24) is 10.3 Å². The molecule has 2 aromatic rings. The van der Waals surface area contributed by atoms with Crippen LogP contribution in [-0.4, -0.2) is 11.0 Å². The molecule has 1 heterocycles. The summed E-state index contributed by atoms with van der Waals surface area (Å²) in [6, 6.07) is 11.5. The largest absolute Gasteiger partial charge is 0.334 e. The van der Waals surface area contributed by atoms with Crippen molar-refractivity contribution in [2.75, 3.05) is 5.32 Å². The van der Waals surface area contributed by atoms with Crippen LogP contribution in [0.25, 0.3) is 0 Å². The molecule has 2 amide bonds. The van der Waals surface area contributed by atoms with Crippen molar-refractivity contribution >= 4 is 11.7 Å². The number of amides is 2. The van der Waals surface area contributed by atoms with Gasteiger partial charge in [-0.3, -0.25) is 4.98 Å². The van der Waals surface area contributed by atoms with Crippen molar-refractivity contribution in [3.8, 4) is 0 Å². The molecule has 0 radical (unpaired) electrons. The summed E-state index contributed by atoms with van der Waals surface area (Å²) in [5.74, 6) is 0.541. The predicted octanol–water partition coefficient (Wildman–Crippen LogP) is 3.92. The number of urea groups is 1. The van der Waals surface area contributed by atoms with E-state index in [9.17, 15) is 4.79 Å². The van der Waals surface area contributed by atoms with E-state index in [0.717, 1.165) is 17.7 Å². The molecule has 4 nitrogen and oxygen atoms in total. The highest BCUT2D eigenvalue weighted by molar-refractivity contribution is 5.89. The van der Waals surface area contributed by atoms with E-state index in [1.54, 1.807) is 12.4 Å². The second-order valence-electron chi connectivity index (χ2n) is 5.09.